The largest absolute Gasteiger partial charge is 0.460 e. The Hall–Kier alpha value is -2.05. The molecule has 1 aromatic heterocycles. The van der Waals surface area contributed by atoms with Gasteiger partial charge in [-0.2, -0.15) is 5.10 Å². The lowest BCUT2D eigenvalue weighted by Crippen LogP contribution is -2.50. The zero-order valence-electron chi connectivity index (χ0n) is 15.4. The molecule has 0 bridgehead atoms. The lowest BCUT2D eigenvalue weighted by Gasteiger charge is -2.37. The van der Waals surface area contributed by atoms with E-state index in [1.807, 2.05) is 40.7 Å². The Kier molecular flexibility index (Phi) is 5.20. The topological polar surface area (TPSA) is 76.5 Å². The summed E-state index contributed by atoms with van der Waals surface area (Å²) in [5.74, 6) is 0.132. The molecule has 0 aliphatic carbocycles. The standard InChI is InChI=1S/C17H28N4O3/c1-11-9-14(20(6)19-11)18-16(23)21-10-13(8-7-12(21)2)15(22)24-17(3,4)5/h9,12-13H,7-8,10H2,1-6H3,(H,18,23)/t12-,13-/m1/s1. The molecule has 2 rings (SSSR count). The van der Waals surface area contributed by atoms with Crippen LogP contribution in [0, 0.1) is 12.8 Å². The van der Waals surface area contributed by atoms with Crippen molar-refractivity contribution in [2.45, 2.75) is 59.1 Å². The molecule has 2 heterocycles. The van der Waals surface area contributed by atoms with Crippen LogP contribution in [0.4, 0.5) is 10.6 Å². The fraction of sp³-hybridized carbons (Fsp3) is 0.706. The van der Waals surface area contributed by atoms with E-state index in [-0.39, 0.29) is 24.0 Å². The number of hydrogen-bond acceptors (Lipinski definition) is 4. The molecule has 2 atom stereocenters. The first-order valence-electron chi connectivity index (χ1n) is 8.38. The number of carbonyl (C=O) groups excluding carboxylic acids is 2. The molecule has 134 valence electrons. The lowest BCUT2D eigenvalue weighted by molar-refractivity contribution is -0.161. The van der Waals surface area contributed by atoms with Crippen molar-refractivity contribution in [2.24, 2.45) is 13.0 Å². The van der Waals surface area contributed by atoms with Crippen molar-refractivity contribution in [1.82, 2.24) is 14.7 Å². The first-order chi connectivity index (χ1) is 11.1. The average molecular weight is 336 g/mol. The molecule has 2 amide bonds. The number of esters is 1. The summed E-state index contributed by atoms with van der Waals surface area (Å²) >= 11 is 0. The smallest absolute Gasteiger partial charge is 0.323 e. The Bertz CT molecular complexity index is 618. The zero-order chi connectivity index (χ0) is 18.1. The van der Waals surface area contributed by atoms with E-state index in [2.05, 4.69) is 10.4 Å². The van der Waals surface area contributed by atoms with Gasteiger partial charge in [0.2, 0.25) is 0 Å². The van der Waals surface area contributed by atoms with Crippen molar-refractivity contribution in [3.8, 4) is 0 Å². The molecular formula is C17H28N4O3. The van der Waals surface area contributed by atoms with Gasteiger partial charge in [-0.15, -0.1) is 0 Å². The number of likely N-dealkylation sites (tertiary alicyclic amines) is 1. The maximum Gasteiger partial charge on any atom is 0.323 e. The minimum Gasteiger partial charge on any atom is -0.460 e. The number of anilines is 1. The van der Waals surface area contributed by atoms with Gasteiger partial charge < -0.3 is 9.64 Å². The number of nitrogens with zero attached hydrogens (tertiary/aromatic N) is 3. The number of ether oxygens (including phenoxy) is 1. The molecule has 0 radical (unpaired) electrons. The summed E-state index contributed by atoms with van der Waals surface area (Å²) in [6, 6.07) is 1.69. The van der Waals surface area contributed by atoms with Crippen LogP contribution in [0.1, 0.15) is 46.2 Å². The van der Waals surface area contributed by atoms with Crippen molar-refractivity contribution in [3.63, 3.8) is 0 Å². The van der Waals surface area contributed by atoms with Crippen LogP contribution in [0.25, 0.3) is 0 Å². The predicted molar refractivity (Wildman–Crippen MR) is 91.7 cm³/mol. The van der Waals surface area contributed by atoms with Crippen LogP contribution in [0.3, 0.4) is 0 Å². The quantitative estimate of drug-likeness (QED) is 0.843. The minimum atomic E-state index is -0.514. The van der Waals surface area contributed by atoms with Gasteiger partial charge in [-0.25, -0.2) is 4.79 Å². The van der Waals surface area contributed by atoms with Crippen LogP contribution < -0.4 is 5.32 Å². The van der Waals surface area contributed by atoms with Crippen LogP contribution in [-0.4, -0.2) is 44.9 Å². The normalized spacial score (nSPS) is 21.5. The second kappa shape index (κ2) is 6.83. The highest BCUT2D eigenvalue weighted by molar-refractivity contribution is 5.89. The van der Waals surface area contributed by atoms with Gasteiger partial charge in [0.1, 0.15) is 11.4 Å². The van der Waals surface area contributed by atoms with Gasteiger partial charge in [0.05, 0.1) is 11.6 Å². The van der Waals surface area contributed by atoms with E-state index in [0.29, 0.717) is 12.4 Å². The number of rotatable bonds is 2. The molecule has 24 heavy (non-hydrogen) atoms. The summed E-state index contributed by atoms with van der Waals surface area (Å²) in [5, 5.41) is 7.10. The predicted octanol–water partition coefficient (Wildman–Crippen LogP) is 2.70. The Morgan fingerprint density at radius 3 is 2.54 bits per heavy atom. The van der Waals surface area contributed by atoms with Crippen molar-refractivity contribution < 1.29 is 14.3 Å². The molecule has 1 saturated heterocycles. The van der Waals surface area contributed by atoms with Crippen molar-refractivity contribution >= 4 is 17.8 Å². The minimum absolute atomic E-state index is 0.0815. The van der Waals surface area contributed by atoms with Gasteiger partial charge in [-0.05, 0) is 47.5 Å². The fourth-order valence-corrected chi connectivity index (χ4v) is 2.88. The van der Waals surface area contributed by atoms with Crippen molar-refractivity contribution in [1.29, 1.82) is 0 Å². The van der Waals surface area contributed by atoms with Crippen molar-refractivity contribution in [3.05, 3.63) is 11.8 Å². The molecule has 1 fully saturated rings. The van der Waals surface area contributed by atoms with Gasteiger partial charge in [0, 0.05) is 25.7 Å². The molecule has 1 N–H and O–H groups in total. The molecule has 1 aliphatic rings. The highest BCUT2D eigenvalue weighted by atomic mass is 16.6. The molecular weight excluding hydrogens is 308 g/mol. The number of aromatic nitrogens is 2. The van der Waals surface area contributed by atoms with Crippen LogP contribution >= 0.6 is 0 Å². The van der Waals surface area contributed by atoms with Gasteiger partial charge in [-0.3, -0.25) is 14.8 Å². The highest BCUT2D eigenvalue weighted by Crippen LogP contribution is 2.25. The van der Waals surface area contributed by atoms with Crippen LogP contribution in [0.2, 0.25) is 0 Å². The van der Waals surface area contributed by atoms with Gasteiger partial charge >= 0.3 is 12.0 Å². The van der Waals surface area contributed by atoms with E-state index >= 15 is 0 Å². The average Bonchev–Trinajstić information content (AvgIpc) is 2.75. The van der Waals surface area contributed by atoms with Crippen LogP contribution in [0.5, 0.6) is 0 Å². The molecule has 0 spiro atoms. The van der Waals surface area contributed by atoms with E-state index < -0.39 is 5.60 Å². The number of amides is 2. The van der Waals surface area contributed by atoms with E-state index in [1.165, 1.54) is 0 Å². The molecule has 1 aliphatic heterocycles. The number of carbonyl (C=O) groups is 2. The van der Waals surface area contributed by atoms with Gasteiger partial charge in [-0.1, -0.05) is 0 Å². The number of aryl methyl sites for hydroxylation is 2. The maximum atomic E-state index is 12.6. The van der Waals surface area contributed by atoms with Crippen LogP contribution in [0.15, 0.2) is 6.07 Å². The molecule has 0 aromatic carbocycles. The second-order valence-electron chi connectivity index (χ2n) is 7.53. The van der Waals surface area contributed by atoms with E-state index in [1.54, 1.807) is 16.6 Å². The summed E-state index contributed by atoms with van der Waals surface area (Å²) in [6.07, 6.45) is 1.52. The van der Waals surface area contributed by atoms with Crippen molar-refractivity contribution in [2.75, 3.05) is 11.9 Å². The van der Waals surface area contributed by atoms with E-state index in [0.717, 1.165) is 18.5 Å². The molecule has 0 saturated carbocycles. The molecule has 0 unspecified atom stereocenters. The van der Waals surface area contributed by atoms with Gasteiger partial charge in [0.25, 0.3) is 0 Å². The Labute approximate surface area is 143 Å². The Morgan fingerprint density at radius 1 is 1.33 bits per heavy atom. The Balaban J connectivity index is 2.03. The summed E-state index contributed by atoms with van der Waals surface area (Å²) in [4.78, 5) is 26.6. The number of hydrogen-bond donors (Lipinski definition) is 1. The third kappa shape index (κ3) is 4.49. The van der Waals surface area contributed by atoms with Gasteiger partial charge in [0.15, 0.2) is 0 Å². The number of nitrogens with one attached hydrogen (secondary N) is 1. The Morgan fingerprint density at radius 2 is 2.00 bits per heavy atom. The summed E-state index contributed by atoms with van der Waals surface area (Å²) in [5.41, 5.74) is 0.325. The lowest BCUT2D eigenvalue weighted by atomic mass is 9.93. The highest BCUT2D eigenvalue weighted by Gasteiger charge is 2.35. The third-order valence-electron chi connectivity index (χ3n) is 4.12. The third-order valence-corrected chi connectivity index (χ3v) is 4.12. The van der Waals surface area contributed by atoms with E-state index in [9.17, 15) is 9.59 Å². The monoisotopic (exact) mass is 336 g/mol. The summed E-state index contributed by atoms with van der Waals surface area (Å²) in [6.45, 7) is 9.80. The number of urea groups is 1. The number of piperidine rings is 1. The zero-order valence-corrected chi connectivity index (χ0v) is 15.4. The first-order valence-corrected chi connectivity index (χ1v) is 8.38. The SMILES string of the molecule is Cc1cc(NC(=O)N2C[C@H](C(=O)OC(C)(C)C)CC[C@H]2C)n(C)n1. The molecule has 1 aromatic rings. The maximum absolute atomic E-state index is 12.6. The fourth-order valence-electron chi connectivity index (χ4n) is 2.88. The summed E-state index contributed by atoms with van der Waals surface area (Å²) in [7, 11) is 1.78. The molecule has 7 heteroatoms. The van der Waals surface area contributed by atoms with E-state index in [4.69, 9.17) is 4.74 Å². The summed E-state index contributed by atoms with van der Waals surface area (Å²) < 4.78 is 7.10. The second-order valence-corrected chi connectivity index (χ2v) is 7.53. The first kappa shape index (κ1) is 18.3. The van der Waals surface area contributed by atoms with Crippen LogP contribution in [-0.2, 0) is 16.6 Å². The molecule has 7 nitrogen and oxygen atoms in total.